The SMILES string of the molecule is CCS(=O)(=O)N1CCN(C(=O)C(C)(C)Oc2ccccc2)CC1. The van der Waals surface area contributed by atoms with Gasteiger partial charge < -0.3 is 9.64 Å². The Kier molecular flexibility index (Phi) is 5.31. The zero-order chi connectivity index (χ0) is 17.1. The lowest BCUT2D eigenvalue weighted by molar-refractivity contribution is -0.146. The molecule has 0 aliphatic carbocycles. The van der Waals surface area contributed by atoms with E-state index in [0.29, 0.717) is 31.9 Å². The molecule has 1 aromatic rings. The molecule has 1 aliphatic heterocycles. The van der Waals surface area contributed by atoms with Gasteiger partial charge in [-0.3, -0.25) is 4.79 Å². The van der Waals surface area contributed by atoms with Gasteiger partial charge in [-0.05, 0) is 32.9 Å². The van der Waals surface area contributed by atoms with Crippen molar-refractivity contribution >= 4 is 15.9 Å². The number of benzene rings is 1. The Morgan fingerprint density at radius 3 is 2.22 bits per heavy atom. The minimum Gasteiger partial charge on any atom is -0.478 e. The second kappa shape index (κ2) is 6.88. The van der Waals surface area contributed by atoms with Gasteiger partial charge >= 0.3 is 0 Å². The van der Waals surface area contributed by atoms with Crippen molar-refractivity contribution in [2.24, 2.45) is 0 Å². The van der Waals surface area contributed by atoms with Crippen molar-refractivity contribution < 1.29 is 17.9 Å². The summed E-state index contributed by atoms with van der Waals surface area (Å²) in [5.41, 5.74) is -0.993. The summed E-state index contributed by atoms with van der Waals surface area (Å²) in [5.74, 6) is 0.594. The maximum Gasteiger partial charge on any atom is 0.266 e. The van der Waals surface area contributed by atoms with Gasteiger partial charge in [-0.15, -0.1) is 0 Å². The number of nitrogens with zero attached hydrogens (tertiary/aromatic N) is 2. The smallest absolute Gasteiger partial charge is 0.266 e. The molecule has 1 fully saturated rings. The topological polar surface area (TPSA) is 66.9 Å². The summed E-state index contributed by atoms with van der Waals surface area (Å²) in [6, 6.07) is 9.20. The molecule has 0 bridgehead atoms. The fourth-order valence-electron chi connectivity index (χ4n) is 2.56. The van der Waals surface area contributed by atoms with E-state index in [1.807, 2.05) is 18.2 Å². The number of hydrogen-bond acceptors (Lipinski definition) is 4. The van der Waals surface area contributed by atoms with Gasteiger partial charge in [-0.25, -0.2) is 8.42 Å². The molecule has 1 aromatic carbocycles. The number of ether oxygens (including phenoxy) is 1. The van der Waals surface area contributed by atoms with E-state index in [0.717, 1.165) is 0 Å². The van der Waals surface area contributed by atoms with Gasteiger partial charge in [0.05, 0.1) is 5.75 Å². The van der Waals surface area contributed by atoms with E-state index in [1.54, 1.807) is 37.8 Å². The van der Waals surface area contributed by atoms with Crippen LogP contribution >= 0.6 is 0 Å². The van der Waals surface area contributed by atoms with E-state index in [4.69, 9.17) is 4.74 Å². The summed E-state index contributed by atoms with van der Waals surface area (Å²) >= 11 is 0. The van der Waals surface area contributed by atoms with E-state index >= 15 is 0 Å². The molecule has 0 N–H and O–H groups in total. The number of rotatable bonds is 5. The third-order valence-corrected chi connectivity index (χ3v) is 5.80. The Hall–Kier alpha value is -1.60. The summed E-state index contributed by atoms with van der Waals surface area (Å²) in [5, 5.41) is 0. The first-order chi connectivity index (χ1) is 10.8. The number of amides is 1. The largest absolute Gasteiger partial charge is 0.478 e. The predicted octanol–water partition coefficient (Wildman–Crippen LogP) is 1.34. The molecule has 1 saturated heterocycles. The standard InChI is InChI=1S/C16H24N2O4S/c1-4-23(20,21)18-12-10-17(11-13-18)15(19)16(2,3)22-14-8-6-5-7-9-14/h5-9H,4,10-13H2,1-3H3. The van der Waals surface area contributed by atoms with E-state index in [1.165, 1.54) is 4.31 Å². The lowest BCUT2D eigenvalue weighted by Crippen LogP contribution is -2.56. The molecule has 1 aliphatic rings. The Morgan fingerprint density at radius 1 is 1.13 bits per heavy atom. The summed E-state index contributed by atoms with van der Waals surface area (Å²) in [6.45, 7) is 6.55. The Balaban J connectivity index is 1.99. The first kappa shape index (κ1) is 17.7. The molecule has 23 heavy (non-hydrogen) atoms. The summed E-state index contributed by atoms with van der Waals surface area (Å²) in [6.07, 6.45) is 0. The highest BCUT2D eigenvalue weighted by molar-refractivity contribution is 7.89. The van der Waals surface area contributed by atoms with Crippen molar-refractivity contribution in [2.45, 2.75) is 26.4 Å². The molecule has 0 unspecified atom stereocenters. The van der Waals surface area contributed by atoms with Crippen LogP contribution in [0.2, 0.25) is 0 Å². The zero-order valence-corrected chi connectivity index (χ0v) is 14.7. The van der Waals surface area contributed by atoms with Crippen molar-refractivity contribution in [3.8, 4) is 5.75 Å². The predicted molar refractivity (Wildman–Crippen MR) is 88.8 cm³/mol. The molecule has 6 nitrogen and oxygen atoms in total. The molecule has 2 rings (SSSR count). The molecule has 1 amide bonds. The van der Waals surface area contributed by atoms with E-state index < -0.39 is 15.6 Å². The summed E-state index contributed by atoms with van der Waals surface area (Å²) < 4.78 is 31.0. The van der Waals surface area contributed by atoms with Gasteiger partial charge in [0, 0.05) is 26.2 Å². The molecule has 128 valence electrons. The molecule has 0 aromatic heterocycles. The van der Waals surface area contributed by atoms with Crippen LogP contribution in [0.1, 0.15) is 20.8 Å². The normalized spacial score (nSPS) is 17.1. The first-order valence-corrected chi connectivity index (χ1v) is 9.38. The summed E-state index contributed by atoms with van der Waals surface area (Å²) in [7, 11) is -3.19. The van der Waals surface area contributed by atoms with Crippen LogP contribution in [0, 0.1) is 0 Å². The highest BCUT2D eigenvalue weighted by atomic mass is 32.2. The van der Waals surface area contributed by atoms with Gasteiger partial charge in [-0.2, -0.15) is 4.31 Å². The zero-order valence-electron chi connectivity index (χ0n) is 13.9. The number of piperazine rings is 1. The van der Waals surface area contributed by atoms with Crippen LogP contribution < -0.4 is 4.74 Å². The molecule has 0 saturated carbocycles. The molecule has 1 heterocycles. The monoisotopic (exact) mass is 340 g/mol. The van der Waals surface area contributed by atoms with Gasteiger partial charge in [0.25, 0.3) is 5.91 Å². The Labute approximate surface area is 138 Å². The molecular weight excluding hydrogens is 316 g/mol. The highest BCUT2D eigenvalue weighted by Crippen LogP contribution is 2.21. The summed E-state index contributed by atoms with van der Waals surface area (Å²) in [4.78, 5) is 14.4. The van der Waals surface area contributed by atoms with Gasteiger partial charge in [0.15, 0.2) is 5.60 Å². The lowest BCUT2D eigenvalue weighted by Gasteiger charge is -2.37. The van der Waals surface area contributed by atoms with Gasteiger partial charge in [0.2, 0.25) is 10.0 Å². The fourth-order valence-corrected chi connectivity index (χ4v) is 3.64. The number of para-hydroxylation sites is 1. The van der Waals surface area contributed by atoms with Crippen LogP contribution in [0.4, 0.5) is 0 Å². The first-order valence-electron chi connectivity index (χ1n) is 7.77. The fraction of sp³-hybridized carbons (Fsp3) is 0.562. The van der Waals surface area contributed by atoms with Crippen molar-refractivity contribution in [1.82, 2.24) is 9.21 Å². The van der Waals surface area contributed by atoms with Crippen molar-refractivity contribution in [3.63, 3.8) is 0 Å². The van der Waals surface area contributed by atoms with Crippen LogP contribution in [0.5, 0.6) is 5.75 Å². The molecule has 0 spiro atoms. The van der Waals surface area contributed by atoms with Crippen LogP contribution in [0.3, 0.4) is 0 Å². The van der Waals surface area contributed by atoms with Crippen molar-refractivity contribution in [1.29, 1.82) is 0 Å². The van der Waals surface area contributed by atoms with E-state index in [2.05, 4.69) is 0 Å². The second-order valence-corrected chi connectivity index (χ2v) is 8.27. The number of hydrogen-bond donors (Lipinski definition) is 0. The average Bonchev–Trinajstić information content (AvgIpc) is 2.55. The highest BCUT2D eigenvalue weighted by Gasteiger charge is 2.37. The average molecular weight is 340 g/mol. The minimum absolute atomic E-state index is 0.0869. The maximum absolute atomic E-state index is 12.7. The van der Waals surface area contributed by atoms with Crippen LogP contribution in [-0.2, 0) is 14.8 Å². The maximum atomic E-state index is 12.7. The number of carbonyl (C=O) groups is 1. The van der Waals surface area contributed by atoms with Crippen LogP contribution in [-0.4, -0.2) is 61.1 Å². The van der Waals surface area contributed by atoms with Crippen LogP contribution in [0.25, 0.3) is 0 Å². The van der Waals surface area contributed by atoms with E-state index in [9.17, 15) is 13.2 Å². The third kappa shape index (κ3) is 4.23. The second-order valence-electron chi connectivity index (χ2n) is 6.02. The number of sulfonamides is 1. The van der Waals surface area contributed by atoms with Crippen molar-refractivity contribution in [2.75, 3.05) is 31.9 Å². The quantitative estimate of drug-likeness (QED) is 0.811. The van der Waals surface area contributed by atoms with Crippen molar-refractivity contribution in [3.05, 3.63) is 30.3 Å². The third-order valence-electron chi connectivity index (χ3n) is 3.92. The van der Waals surface area contributed by atoms with Gasteiger partial charge in [0.1, 0.15) is 5.75 Å². The Morgan fingerprint density at radius 2 is 1.70 bits per heavy atom. The molecular formula is C16H24N2O4S. The number of carbonyl (C=O) groups excluding carboxylic acids is 1. The van der Waals surface area contributed by atoms with Gasteiger partial charge in [-0.1, -0.05) is 18.2 Å². The Bertz CT molecular complexity index is 635. The minimum atomic E-state index is -3.19. The molecule has 0 radical (unpaired) electrons. The van der Waals surface area contributed by atoms with Crippen LogP contribution in [0.15, 0.2) is 30.3 Å². The lowest BCUT2D eigenvalue weighted by atomic mass is 10.1. The van der Waals surface area contributed by atoms with E-state index in [-0.39, 0.29) is 11.7 Å². The molecule has 7 heteroatoms. The molecule has 0 atom stereocenters.